The summed E-state index contributed by atoms with van der Waals surface area (Å²) in [6.45, 7) is 1.86. The summed E-state index contributed by atoms with van der Waals surface area (Å²) in [5.41, 5.74) is 0.0795. The molecule has 5 amide bonds. The summed E-state index contributed by atoms with van der Waals surface area (Å²) in [4.78, 5) is 67.5. The molecule has 1 atom stereocenters. The average molecular weight is 420 g/mol. The van der Waals surface area contributed by atoms with Crippen molar-refractivity contribution in [1.29, 1.82) is 0 Å². The Morgan fingerprint density at radius 3 is 2.48 bits per heavy atom. The first-order chi connectivity index (χ1) is 14.9. The van der Waals surface area contributed by atoms with Gasteiger partial charge in [0, 0.05) is 30.9 Å². The van der Waals surface area contributed by atoms with Crippen LogP contribution in [0, 0.1) is 0 Å². The molecule has 1 unspecified atom stereocenters. The van der Waals surface area contributed by atoms with Crippen molar-refractivity contribution in [2.45, 2.75) is 38.3 Å². The van der Waals surface area contributed by atoms with E-state index in [1.807, 2.05) is 0 Å². The van der Waals surface area contributed by atoms with Gasteiger partial charge in [0.2, 0.25) is 5.91 Å². The molecule has 4 rings (SSSR count). The van der Waals surface area contributed by atoms with Gasteiger partial charge in [0.05, 0.1) is 11.1 Å². The van der Waals surface area contributed by atoms with Gasteiger partial charge in [-0.15, -0.1) is 0 Å². The zero-order chi connectivity index (χ0) is 22.2. The summed E-state index contributed by atoms with van der Waals surface area (Å²) >= 11 is 0. The number of amides is 5. The number of nitrogens with one attached hydrogen (secondary N) is 2. The molecule has 2 N–H and O–H groups in total. The van der Waals surface area contributed by atoms with E-state index >= 15 is 0 Å². The molecular formula is C22H20N4O5. The van der Waals surface area contributed by atoms with Gasteiger partial charge in [0.1, 0.15) is 5.54 Å². The highest BCUT2D eigenvalue weighted by Gasteiger charge is 2.54. The number of nitrogens with zero attached hydrogens (tertiary/aromatic N) is 2. The van der Waals surface area contributed by atoms with Crippen LogP contribution in [0.3, 0.4) is 0 Å². The Hall–Kier alpha value is -3.88. The largest absolute Gasteiger partial charge is 0.348 e. The van der Waals surface area contributed by atoms with Crippen molar-refractivity contribution in [3.05, 3.63) is 65.0 Å². The number of piperidine rings is 1. The minimum atomic E-state index is -1.39. The number of carbonyl (C=O) groups excluding carboxylic acids is 5. The topological polar surface area (TPSA) is 126 Å². The van der Waals surface area contributed by atoms with E-state index in [4.69, 9.17) is 0 Å². The third-order valence-corrected chi connectivity index (χ3v) is 5.80. The fourth-order valence-corrected chi connectivity index (χ4v) is 4.02. The second kappa shape index (κ2) is 7.75. The summed E-state index contributed by atoms with van der Waals surface area (Å²) in [6, 6.07) is 7.91. The van der Waals surface area contributed by atoms with Gasteiger partial charge in [-0.25, -0.2) is 0 Å². The van der Waals surface area contributed by atoms with Crippen molar-refractivity contribution < 1.29 is 24.0 Å². The fourth-order valence-electron chi connectivity index (χ4n) is 4.02. The van der Waals surface area contributed by atoms with Gasteiger partial charge in [-0.3, -0.25) is 39.2 Å². The summed E-state index contributed by atoms with van der Waals surface area (Å²) in [6.07, 6.45) is 3.38. The molecule has 0 bridgehead atoms. The van der Waals surface area contributed by atoms with Crippen LogP contribution in [-0.2, 0) is 16.1 Å². The van der Waals surface area contributed by atoms with Crippen LogP contribution in [0.25, 0.3) is 0 Å². The van der Waals surface area contributed by atoms with E-state index < -0.39 is 29.2 Å². The van der Waals surface area contributed by atoms with E-state index in [1.54, 1.807) is 31.2 Å². The van der Waals surface area contributed by atoms with Gasteiger partial charge in [0.15, 0.2) is 0 Å². The lowest BCUT2D eigenvalue weighted by molar-refractivity contribution is -0.142. The zero-order valence-electron chi connectivity index (χ0n) is 16.8. The van der Waals surface area contributed by atoms with E-state index in [0.29, 0.717) is 11.1 Å². The van der Waals surface area contributed by atoms with E-state index in [2.05, 4.69) is 15.6 Å². The number of benzene rings is 1. The van der Waals surface area contributed by atoms with Crippen LogP contribution >= 0.6 is 0 Å². The van der Waals surface area contributed by atoms with E-state index in [-0.39, 0.29) is 42.8 Å². The van der Waals surface area contributed by atoms with Crippen LogP contribution in [0.2, 0.25) is 0 Å². The maximum absolute atomic E-state index is 13.2. The highest BCUT2D eigenvalue weighted by Crippen LogP contribution is 2.36. The number of imide groups is 2. The van der Waals surface area contributed by atoms with Crippen LogP contribution in [0.5, 0.6) is 0 Å². The van der Waals surface area contributed by atoms with Gasteiger partial charge in [0.25, 0.3) is 23.6 Å². The molecule has 3 heterocycles. The van der Waals surface area contributed by atoms with E-state index in [1.165, 1.54) is 18.5 Å². The number of pyridine rings is 1. The second-order valence-corrected chi connectivity index (χ2v) is 7.51. The lowest BCUT2D eigenvalue weighted by atomic mass is 9.84. The smallest absolute Gasteiger partial charge is 0.262 e. The Morgan fingerprint density at radius 2 is 1.81 bits per heavy atom. The summed E-state index contributed by atoms with van der Waals surface area (Å²) in [5, 5.41) is 5.01. The summed E-state index contributed by atoms with van der Waals surface area (Å²) in [7, 11) is 0. The van der Waals surface area contributed by atoms with Crippen molar-refractivity contribution >= 4 is 29.5 Å². The van der Waals surface area contributed by atoms with Crippen LogP contribution in [0.4, 0.5) is 0 Å². The molecule has 9 nitrogen and oxygen atoms in total. The first-order valence-electron chi connectivity index (χ1n) is 9.91. The van der Waals surface area contributed by atoms with Crippen molar-refractivity contribution in [2.75, 3.05) is 0 Å². The standard InChI is InChI=1S/C22H20N4O5/c1-2-22(8-5-17(27)25-21(22)31)26-19(29)15-4-3-13(11-16(15)20(26)30)12-24-18(28)14-6-9-23-10-7-14/h3-4,6-7,9-11H,2,5,8,12H2,1H3,(H,24,28)(H,25,27,31). The molecule has 1 aromatic heterocycles. The Balaban J connectivity index is 1.57. The Morgan fingerprint density at radius 1 is 1.10 bits per heavy atom. The predicted octanol–water partition coefficient (Wildman–Crippen LogP) is 1.19. The molecule has 158 valence electrons. The third kappa shape index (κ3) is 3.37. The predicted molar refractivity (Wildman–Crippen MR) is 108 cm³/mol. The number of rotatable bonds is 5. The lowest BCUT2D eigenvalue weighted by Crippen LogP contribution is -2.64. The molecule has 2 aliphatic rings. The monoisotopic (exact) mass is 420 g/mol. The van der Waals surface area contributed by atoms with Crippen molar-refractivity contribution in [3.63, 3.8) is 0 Å². The number of hydrogen-bond acceptors (Lipinski definition) is 6. The first kappa shape index (κ1) is 20.4. The SMILES string of the molecule is CCC1(N2C(=O)c3ccc(CNC(=O)c4ccncc4)cc3C2=O)CCC(=O)NC1=O. The zero-order valence-corrected chi connectivity index (χ0v) is 16.8. The molecule has 31 heavy (non-hydrogen) atoms. The molecule has 1 fully saturated rings. The molecule has 2 aromatic rings. The van der Waals surface area contributed by atoms with Crippen LogP contribution in [0.15, 0.2) is 42.7 Å². The van der Waals surface area contributed by atoms with Crippen molar-refractivity contribution in [2.24, 2.45) is 0 Å². The minimum absolute atomic E-state index is 0.0548. The maximum Gasteiger partial charge on any atom is 0.262 e. The van der Waals surface area contributed by atoms with Crippen molar-refractivity contribution in [1.82, 2.24) is 20.5 Å². The number of aromatic nitrogens is 1. The molecular weight excluding hydrogens is 400 g/mol. The van der Waals surface area contributed by atoms with Crippen LogP contribution in [0.1, 0.15) is 62.8 Å². The first-order valence-corrected chi connectivity index (χ1v) is 9.91. The highest BCUT2D eigenvalue weighted by molar-refractivity contribution is 6.24. The average Bonchev–Trinajstić information content (AvgIpc) is 3.03. The molecule has 1 aromatic carbocycles. The maximum atomic E-state index is 13.2. The molecule has 9 heteroatoms. The fraction of sp³-hybridized carbons (Fsp3) is 0.273. The van der Waals surface area contributed by atoms with Gasteiger partial charge < -0.3 is 5.32 Å². The third-order valence-electron chi connectivity index (χ3n) is 5.80. The molecule has 2 aliphatic heterocycles. The Kier molecular flexibility index (Phi) is 5.10. The normalized spacial score (nSPS) is 20.5. The molecule has 0 radical (unpaired) electrons. The van der Waals surface area contributed by atoms with E-state index in [9.17, 15) is 24.0 Å². The minimum Gasteiger partial charge on any atom is -0.348 e. The van der Waals surface area contributed by atoms with Crippen LogP contribution in [-0.4, -0.2) is 45.0 Å². The van der Waals surface area contributed by atoms with Crippen molar-refractivity contribution in [3.8, 4) is 0 Å². The second-order valence-electron chi connectivity index (χ2n) is 7.51. The Labute approximate surface area is 177 Å². The van der Waals surface area contributed by atoms with Gasteiger partial charge in [-0.2, -0.15) is 0 Å². The van der Waals surface area contributed by atoms with Crippen LogP contribution < -0.4 is 10.6 Å². The number of hydrogen-bond donors (Lipinski definition) is 2. The molecule has 0 spiro atoms. The van der Waals surface area contributed by atoms with Gasteiger partial charge in [-0.1, -0.05) is 13.0 Å². The lowest BCUT2D eigenvalue weighted by Gasteiger charge is -2.40. The molecule has 0 saturated carbocycles. The van der Waals surface area contributed by atoms with E-state index in [0.717, 1.165) is 4.90 Å². The Bertz CT molecular complexity index is 1110. The highest BCUT2D eigenvalue weighted by atomic mass is 16.2. The molecule has 0 aliphatic carbocycles. The van der Waals surface area contributed by atoms with Gasteiger partial charge in [-0.05, 0) is 42.7 Å². The number of fused-ring (bicyclic) bond motifs is 1. The number of carbonyl (C=O) groups is 5. The van der Waals surface area contributed by atoms with Gasteiger partial charge >= 0.3 is 0 Å². The summed E-state index contributed by atoms with van der Waals surface area (Å²) < 4.78 is 0. The summed E-state index contributed by atoms with van der Waals surface area (Å²) in [5.74, 6) is -2.48. The quantitative estimate of drug-likeness (QED) is 0.700. The molecule has 1 saturated heterocycles.